The molecule has 1 atom stereocenters. The second-order valence-corrected chi connectivity index (χ2v) is 4.94. The highest BCUT2D eigenvalue weighted by Crippen LogP contribution is 2.19. The minimum atomic E-state index is -0.443. The van der Waals surface area contributed by atoms with Crippen molar-refractivity contribution in [1.82, 2.24) is 0 Å². The maximum Gasteiger partial charge on any atom is 0.0991 e. The molecule has 3 nitrogen and oxygen atoms in total. The topological polar surface area (TPSA) is 47.3 Å². The maximum atomic E-state index is 9.50. The molecule has 102 valence electrons. The summed E-state index contributed by atoms with van der Waals surface area (Å²) in [6, 6.07) is 17.6. The van der Waals surface area contributed by atoms with Crippen LogP contribution in [0.5, 0.6) is 0 Å². The summed E-state index contributed by atoms with van der Waals surface area (Å²) in [5.74, 6) is 0. The summed E-state index contributed by atoms with van der Waals surface area (Å²) in [6.07, 6.45) is -0.443. The highest BCUT2D eigenvalue weighted by Gasteiger charge is 2.05. The van der Waals surface area contributed by atoms with Crippen LogP contribution in [0.4, 0.5) is 5.69 Å². The molecule has 0 bridgehead atoms. The SMILES string of the molecule is C[C@H](O)c1ccc(N(C)Cc2cccc(C#N)c2)cc1. The predicted octanol–water partition coefficient (Wildman–Crippen LogP) is 3.25. The smallest absolute Gasteiger partial charge is 0.0991 e. The molecule has 0 aliphatic carbocycles. The van der Waals surface area contributed by atoms with Gasteiger partial charge in [0, 0.05) is 19.3 Å². The Kier molecular flexibility index (Phi) is 4.39. The summed E-state index contributed by atoms with van der Waals surface area (Å²) in [6.45, 7) is 2.50. The van der Waals surface area contributed by atoms with Gasteiger partial charge in [0.05, 0.1) is 17.7 Å². The molecule has 2 aromatic carbocycles. The summed E-state index contributed by atoms with van der Waals surface area (Å²) in [5.41, 5.74) is 3.77. The van der Waals surface area contributed by atoms with E-state index in [2.05, 4.69) is 11.0 Å². The van der Waals surface area contributed by atoms with Gasteiger partial charge in [-0.15, -0.1) is 0 Å². The van der Waals surface area contributed by atoms with Crippen molar-refractivity contribution in [1.29, 1.82) is 5.26 Å². The molecule has 0 saturated carbocycles. The minimum absolute atomic E-state index is 0.443. The fraction of sp³-hybridized carbons (Fsp3) is 0.235. The third-order valence-corrected chi connectivity index (χ3v) is 3.29. The number of hydrogen-bond acceptors (Lipinski definition) is 3. The van der Waals surface area contributed by atoms with Crippen LogP contribution in [0, 0.1) is 11.3 Å². The number of nitriles is 1. The molecule has 0 saturated heterocycles. The molecule has 0 amide bonds. The van der Waals surface area contributed by atoms with E-state index < -0.39 is 6.10 Å². The Morgan fingerprint density at radius 3 is 2.50 bits per heavy atom. The van der Waals surface area contributed by atoms with Crippen molar-refractivity contribution in [3.05, 3.63) is 65.2 Å². The number of rotatable bonds is 4. The van der Waals surface area contributed by atoms with Crippen LogP contribution in [0.25, 0.3) is 0 Å². The second kappa shape index (κ2) is 6.23. The van der Waals surface area contributed by atoms with Crippen LogP contribution in [0.15, 0.2) is 48.5 Å². The van der Waals surface area contributed by atoms with Gasteiger partial charge in [0.2, 0.25) is 0 Å². The Bertz CT molecular complexity index is 612. The van der Waals surface area contributed by atoms with Crippen LogP contribution in [0.2, 0.25) is 0 Å². The zero-order valence-electron chi connectivity index (χ0n) is 11.7. The molecule has 20 heavy (non-hydrogen) atoms. The summed E-state index contributed by atoms with van der Waals surface area (Å²) in [7, 11) is 2.01. The number of hydrogen-bond donors (Lipinski definition) is 1. The number of aliphatic hydroxyl groups is 1. The van der Waals surface area contributed by atoms with Gasteiger partial charge in [-0.1, -0.05) is 24.3 Å². The summed E-state index contributed by atoms with van der Waals surface area (Å²) < 4.78 is 0. The largest absolute Gasteiger partial charge is 0.389 e. The number of nitrogens with zero attached hydrogens (tertiary/aromatic N) is 2. The first-order valence-electron chi connectivity index (χ1n) is 6.58. The van der Waals surface area contributed by atoms with E-state index in [0.717, 1.165) is 23.4 Å². The van der Waals surface area contributed by atoms with Crippen molar-refractivity contribution in [2.75, 3.05) is 11.9 Å². The summed E-state index contributed by atoms with van der Waals surface area (Å²) in [5, 5.41) is 18.4. The summed E-state index contributed by atoms with van der Waals surface area (Å²) >= 11 is 0. The van der Waals surface area contributed by atoms with Crippen molar-refractivity contribution in [3.8, 4) is 6.07 Å². The van der Waals surface area contributed by atoms with Gasteiger partial charge in [0.1, 0.15) is 0 Å². The number of benzene rings is 2. The monoisotopic (exact) mass is 266 g/mol. The van der Waals surface area contributed by atoms with E-state index >= 15 is 0 Å². The third-order valence-electron chi connectivity index (χ3n) is 3.29. The third kappa shape index (κ3) is 3.37. The highest BCUT2D eigenvalue weighted by molar-refractivity contribution is 5.48. The standard InChI is InChI=1S/C17H18N2O/c1-13(20)16-6-8-17(9-7-16)19(2)12-15-5-3-4-14(10-15)11-18/h3-10,13,20H,12H2,1-2H3/t13-/m0/s1. The van der Waals surface area contributed by atoms with Gasteiger partial charge in [0.25, 0.3) is 0 Å². The minimum Gasteiger partial charge on any atom is -0.389 e. The average molecular weight is 266 g/mol. The van der Waals surface area contributed by atoms with Gasteiger partial charge in [-0.05, 0) is 42.3 Å². The predicted molar refractivity (Wildman–Crippen MR) is 80.3 cm³/mol. The van der Waals surface area contributed by atoms with Crippen molar-refractivity contribution in [2.24, 2.45) is 0 Å². The first-order valence-corrected chi connectivity index (χ1v) is 6.58. The molecule has 0 heterocycles. The van der Waals surface area contributed by atoms with Crippen molar-refractivity contribution < 1.29 is 5.11 Å². The van der Waals surface area contributed by atoms with Crippen LogP contribution < -0.4 is 4.90 Å². The lowest BCUT2D eigenvalue weighted by molar-refractivity contribution is 0.199. The first-order chi connectivity index (χ1) is 9.60. The molecule has 0 aromatic heterocycles. The highest BCUT2D eigenvalue weighted by atomic mass is 16.3. The number of aliphatic hydroxyl groups excluding tert-OH is 1. The zero-order chi connectivity index (χ0) is 14.5. The van der Waals surface area contributed by atoms with Crippen LogP contribution in [-0.4, -0.2) is 12.2 Å². The molecule has 0 unspecified atom stereocenters. The quantitative estimate of drug-likeness (QED) is 0.924. The Hall–Kier alpha value is -2.31. The fourth-order valence-corrected chi connectivity index (χ4v) is 2.11. The Balaban J connectivity index is 2.11. The lowest BCUT2D eigenvalue weighted by atomic mass is 10.1. The molecule has 0 radical (unpaired) electrons. The van der Waals surface area contributed by atoms with E-state index in [4.69, 9.17) is 5.26 Å². The zero-order valence-corrected chi connectivity index (χ0v) is 11.7. The van der Waals surface area contributed by atoms with Gasteiger partial charge in [0.15, 0.2) is 0 Å². The van der Waals surface area contributed by atoms with E-state index in [9.17, 15) is 5.11 Å². The molecular formula is C17H18N2O. The van der Waals surface area contributed by atoms with Gasteiger partial charge in [-0.2, -0.15) is 5.26 Å². The van der Waals surface area contributed by atoms with E-state index in [1.165, 1.54) is 0 Å². The van der Waals surface area contributed by atoms with Crippen molar-refractivity contribution in [2.45, 2.75) is 19.6 Å². The molecule has 0 spiro atoms. The van der Waals surface area contributed by atoms with Gasteiger partial charge in [-0.3, -0.25) is 0 Å². The Morgan fingerprint density at radius 2 is 1.90 bits per heavy atom. The second-order valence-electron chi connectivity index (χ2n) is 4.94. The lowest BCUT2D eigenvalue weighted by Gasteiger charge is -2.20. The molecule has 2 rings (SSSR count). The first kappa shape index (κ1) is 14.1. The molecular weight excluding hydrogens is 248 g/mol. The van der Waals surface area contributed by atoms with Gasteiger partial charge in [-0.25, -0.2) is 0 Å². The van der Waals surface area contributed by atoms with E-state index in [-0.39, 0.29) is 0 Å². The van der Waals surface area contributed by atoms with Gasteiger partial charge < -0.3 is 10.0 Å². The molecule has 2 aromatic rings. The van der Waals surface area contributed by atoms with Crippen molar-refractivity contribution >= 4 is 5.69 Å². The van der Waals surface area contributed by atoms with Crippen LogP contribution in [0.1, 0.15) is 29.7 Å². The van der Waals surface area contributed by atoms with Gasteiger partial charge >= 0.3 is 0 Å². The van der Waals surface area contributed by atoms with E-state index in [1.54, 1.807) is 13.0 Å². The van der Waals surface area contributed by atoms with E-state index in [0.29, 0.717) is 5.56 Å². The van der Waals surface area contributed by atoms with Crippen LogP contribution in [0.3, 0.4) is 0 Å². The van der Waals surface area contributed by atoms with Crippen LogP contribution in [-0.2, 0) is 6.54 Å². The Morgan fingerprint density at radius 1 is 1.20 bits per heavy atom. The molecule has 3 heteroatoms. The van der Waals surface area contributed by atoms with Crippen molar-refractivity contribution in [3.63, 3.8) is 0 Å². The number of anilines is 1. The van der Waals surface area contributed by atoms with E-state index in [1.807, 2.05) is 49.5 Å². The average Bonchev–Trinajstić information content (AvgIpc) is 2.47. The summed E-state index contributed by atoms with van der Waals surface area (Å²) in [4.78, 5) is 2.11. The maximum absolute atomic E-state index is 9.50. The Labute approximate surface area is 119 Å². The normalized spacial score (nSPS) is 11.7. The van der Waals surface area contributed by atoms with Crippen LogP contribution >= 0.6 is 0 Å². The molecule has 0 aliphatic heterocycles. The fourth-order valence-electron chi connectivity index (χ4n) is 2.11. The lowest BCUT2D eigenvalue weighted by Crippen LogP contribution is -2.16. The molecule has 1 N–H and O–H groups in total. The molecule has 0 fully saturated rings. The molecule has 0 aliphatic rings.